The SMILES string of the molecule is NCCCC[C@@H]1NC(=O)[C@@H](CCCCN)NC(=O)[C@H](Cc2c[nH]c3ccccc23)NC(=O)[C@@H](Cc2ccccc2)NC(=O)[C@H](Cc2c[nH]c3ccccc23)NC(=O)[C@@H](Cc2c[nH]c3ccccc23)NC1=O. The van der Waals surface area contributed by atoms with Crippen molar-refractivity contribution in [3.8, 4) is 0 Å². The molecule has 1 aliphatic heterocycles. The minimum absolute atomic E-state index is 0.00389. The number of benzene rings is 4. The third-order valence-electron chi connectivity index (χ3n) is 13.3. The molecule has 71 heavy (non-hydrogen) atoms. The van der Waals surface area contributed by atoms with E-state index >= 15 is 4.79 Å². The molecular weight excluding hydrogens is 899 g/mol. The Balaban J connectivity index is 1.21. The summed E-state index contributed by atoms with van der Waals surface area (Å²) < 4.78 is 0. The fourth-order valence-corrected chi connectivity index (χ4v) is 9.41. The molecule has 1 saturated heterocycles. The Morgan fingerprint density at radius 3 is 0.986 bits per heavy atom. The first kappa shape index (κ1) is 49.7. The second kappa shape index (κ2) is 23.7. The molecule has 3 aromatic heterocycles. The fraction of sp³-hybridized carbons (Fsp3) is 0.333. The normalized spacial score (nSPS) is 20.9. The topological polar surface area (TPSA) is 274 Å². The summed E-state index contributed by atoms with van der Waals surface area (Å²) in [4.78, 5) is 98.6. The van der Waals surface area contributed by atoms with E-state index in [0.29, 0.717) is 38.8 Å². The summed E-state index contributed by atoms with van der Waals surface area (Å²) in [5, 5.41) is 20.2. The number of amides is 6. The van der Waals surface area contributed by atoms with Crippen LogP contribution in [0.3, 0.4) is 0 Å². The highest BCUT2D eigenvalue weighted by molar-refractivity contribution is 5.99. The van der Waals surface area contributed by atoms with Crippen LogP contribution in [-0.4, -0.2) is 99.7 Å². The van der Waals surface area contributed by atoms with Gasteiger partial charge in [0.05, 0.1) is 0 Å². The zero-order valence-electron chi connectivity index (χ0n) is 39.6. The fourth-order valence-electron chi connectivity index (χ4n) is 9.41. The molecule has 4 aromatic carbocycles. The summed E-state index contributed by atoms with van der Waals surface area (Å²) in [6.07, 6.45) is 7.80. The molecule has 13 N–H and O–H groups in total. The number of carbonyl (C=O) groups is 6. The first-order valence-corrected chi connectivity index (χ1v) is 24.5. The highest BCUT2D eigenvalue weighted by Crippen LogP contribution is 2.23. The maximum absolute atomic E-state index is 15.0. The van der Waals surface area contributed by atoms with Crippen LogP contribution in [0.15, 0.2) is 122 Å². The van der Waals surface area contributed by atoms with Crippen LogP contribution < -0.4 is 43.4 Å². The first-order valence-electron chi connectivity index (χ1n) is 24.5. The molecule has 6 atom stereocenters. The Bertz CT molecular complexity index is 2960. The van der Waals surface area contributed by atoms with Crippen molar-refractivity contribution >= 4 is 68.2 Å². The summed E-state index contributed by atoms with van der Waals surface area (Å²) in [5.41, 5.74) is 17.1. The molecule has 0 radical (unpaired) electrons. The largest absolute Gasteiger partial charge is 0.361 e. The van der Waals surface area contributed by atoms with E-state index in [2.05, 4.69) is 46.9 Å². The van der Waals surface area contributed by atoms with Crippen molar-refractivity contribution in [1.82, 2.24) is 46.9 Å². The van der Waals surface area contributed by atoms with E-state index in [-0.39, 0.29) is 38.5 Å². The lowest BCUT2D eigenvalue weighted by atomic mass is 9.99. The van der Waals surface area contributed by atoms with Gasteiger partial charge in [-0.15, -0.1) is 0 Å². The van der Waals surface area contributed by atoms with Crippen LogP contribution in [0.2, 0.25) is 0 Å². The van der Waals surface area contributed by atoms with E-state index in [1.165, 1.54) is 0 Å². The second-order valence-corrected chi connectivity index (χ2v) is 18.3. The number of para-hydroxylation sites is 3. The third-order valence-corrected chi connectivity index (χ3v) is 13.3. The van der Waals surface area contributed by atoms with Gasteiger partial charge < -0.3 is 58.3 Å². The van der Waals surface area contributed by atoms with Gasteiger partial charge in [-0.1, -0.05) is 84.9 Å². The van der Waals surface area contributed by atoms with E-state index in [0.717, 1.165) is 55.0 Å². The van der Waals surface area contributed by atoms with Crippen molar-refractivity contribution in [1.29, 1.82) is 0 Å². The molecule has 17 heteroatoms. The minimum atomic E-state index is -1.27. The molecule has 0 spiro atoms. The number of aromatic nitrogens is 3. The smallest absolute Gasteiger partial charge is 0.243 e. The predicted octanol–water partition coefficient (Wildman–Crippen LogP) is 3.58. The lowest BCUT2D eigenvalue weighted by Crippen LogP contribution is -2.62. The minimum Gasteiger partial charge on any atom is -0.361 e. The monoisotopic (exact) mass is 961 g/mol. The average Bonchev–Trinajstić information content (AvgIpc) is 4.12. The van der Waals surface area contributed by atoms with Crippen molar-refractivity contribution in [2.75, 3.05) is 13.1 Å². The predicted molar refractivity (Wildman–Crippen MR) is 274 cm³/mol. The van der Waals surface area contributed by atoms with Crippen LogP contribution in [0, 0.1) is 0 Å². The number of fused-ring (bicyclic) bond motifs is 3. The van der Waals surface area contributed by atoms with Crippen LogP contribution in [-0.2, 0) is 54.5 Å². The van der Waals surface area contributed by atoms with E-state index in [4.69, 9.17) is 11.5 Å². The van der Waals surface area contributed by atoms with Crippen LogP contribution in [0.5, 0.6) is 0 Å². The quantitative estimate of drug-likeness (QED) is 0.0636. The average molecular weight is 962 g/mol. The number of hydrogen-bond acceptors (Lipinski definition) is 8. The molecule has 17 nitrogen and oxygen atoms in total. The number of H-pyrrole nitrogens is 3. The highest BCUT2D eigenvalue weighted by Gasteiger charge is 2.36. The first-order chi connectivity index (χ1) is 34.6. The standard InChI is InChI=1S/C54H63N11O6/c55-24-12-10-22-43-49(66)60-44(23-11-13-25-56)50(67)63-47(28-35-31-58-41-20-8-5-17-38(35)41)54(71)65-48(29-36-32-59-42-21-9-6-18-39(36)42)53(70)62-45(26-33-14-2-1-3-15-33)51(68)64-46(52(69)61-43)27-34-30-57-40-19-7-4-16-37(34)40/h1-9,14-21,30-32,43-48,57-59H,10-13,22-29,55-56H2,(H,60,66)(H,61,69)(H,62,70)(H,63,67)(H,64,68)(H,65,71)/t43-,44+,45-,46+,47-,48+/m1/s1. The number of hydrogen-bond donors (Lipinski definition) is 11. The van der Waals surface area contributed by atoms with Crippen LogP contribution in [0.4, 0.5) is 0 Å². The molecule has 1 fully saturated rings. The second-order valence-electron chi connectivity index (χ2n) is 18.3. The number of aromatic amines is 3. The maximum atomic E-state index is 15.0. The molecule has 0 aliphatic carbocycles. The van der Waals surface area contributed by atoms with Gasteiger partial charge in [0.2, 0.25) is 35.4 Å². The van der Waals surface area contributed by atoms with Crippen molar-refractivity contribution in [3.63, 3.8) is 0 Å². The van der Waals surface area contributed by atoms with Gasteiger partial charge in [0.1, 0.15) is 36.3 Å². The van der Waals surface area contributed by atoms with Gasteiger partial charge in [-0.25, -0.2) is 0 Å². The highest BCUT2D eigenvalue weighted by atomic mass is 16.2. The van der Waals surface area contributed by atoms with Crippen molar-refractivity contribution in [2.45, 2.75) is 100 Å². The molecule has 0 saturated carbocycles. The van der Waals surface area contributed by atoms with Crippen molar-refractivity contribution in [3.05, 3.63) is 144 Å². The number of rotatable bonds is 16. The molecule has 370 valence electrons. The van der Waals surface area contributed by atoms with Crippen molar-refractivity contribution < 1.29 is 28.8 Å². The zero-order valence-corrected chi connectivity index (χ0v) is 39.6. The number of unbranched alkanes of at least 4 members (excludes halogenated alkanes) is 2. The third kappa shape index (κ3) is 12.5. The molecule has 4 heterocycles. The Morgan fingerprint density at radius 2 is 0.634 bits per heavy atom. The summed E-state index contributed by atoms with van der Waals surface area (Å²) in [6, 6.07) is 24.6. The zero-order chi connectivity index (χ0) is 49.7. The molecule has 0 bridgehead atoms. The van der Waals surface area contributed by atoms with Gasteiger partial charge in [0, 0.05) is 77.0 Å². The van der Waals surface area contributed by atoms with Gasteiger partial charge in [-0.3, -0.25) is 28.8 Å². The van der Waals surface area contributed by atoms with Crippen LogP contribution >= 0.6 is 0 Å². The number of carbonyl (C=O) groups excluding carboxylic acids is 6. The molecule has 1 aliphatic rings. The molecular formula is C54H63N11O6. The molecule has 6 amide bonds. The maximum Gasteiger partial charge on any atom is 0.243 e. The van der Waals surface area contributed by atoms with Crippen LogP contribution in [0.25, 0.3) is 32.7 Å². The Morgan fingerprint density at radius 1 is 0.338 bits per heavy atom. The van der Waals surface area contributed by atoms with Crippen molar-refractivity contribution in [2.24, 2.45) is 11.5 Å². The summed E-state index contributed by atoms with van der Waals surface area (Å²) in [6.45, 7) is 0.698. The van der Waals surface area contributed by atoms with Crippen LogP contribution in [0.1, 0.15) is 60.8 Å². The van der Waals surface area contributed by atoms with Gasteiger partial charge in [0.25, 0.3) is 0 Å². The van der Waals surface area contributed by atoms with Gasteiger partial charge in [-0.05, 0) is 92.1 Å². The Hall–Kier alpha value is -7.76. The number of nitrogens with two attached hydrogens (primary N) is 2. The Labute approximate surface area is 411 Å². The van der Waals surface area contributed by atoms with E-state index in [1.807, 2.05) is 103 Å². The van der Waals surface area contributed by atoms with Gasteiger partial charge in [-0.2, -0.15) is 0 Å². The lowest BCUT2D eigenvalue weighted by Gasteiger charge is -2.29. The molecule has 0 unspecified atom stereocenters. The van der Waals surface area contributed by atoms with E-state index < -0.39 is 71.7 Å². The van der Waals surface area contributed by atoms with E-state index in [9.17, 15) is 24.0 Å². The van der Waals surface area contributed by atoms with Gasteiger partial charge in [0.15, 0.2) is 0 Å². The van der Waals surface area contributed by atoms with Gasteiger partial charge >= 0.3 is 0 Å². The Kier molecular flexibility index (Phi) is 16.6. The summed E-state index contributed by atoms with van der Waals surface area (Å²) in [5.74, 6) is -3.88. The molecule has 8 rings (SSSR count). The van der Waals surface area contributed by atoms with E-state index in [1.54, 1.807) is 18.6 Å². The summed E-state index contributed by atoms with van der Waals surface area (Å²) >= 11 is 0. The summed E-state index contributed by atoms with van der Waals surface area (Å²) in [7, 11) is 0. The lowest BCUT2D eigenvalue weighted by molar-refractivity contribution is -0.136. The molecule has 7 aromatic rings. The number of nitrogens with one attached hydrogen (secondary N) is 9.